The minimum absolute atomic E-state index is 0.852. The number of hydrogen-bond donors (Lipinski definition) is 1. The van der Waals surface area contributed by atoms with Crippen molar-refractivity contribution < 1.29 is 0 Å². The van der Waals surface area contributed by atoms with E-state index in [9.17, 15) is 0 Å². The lowest BCUT2D eigenvalue weighted by molar-refractivity contribution is 0.645. The first-order chi connectivity index (χ1) is 8.83. The number of fused-ring (bicyclic) bond motifs is 1. The largest absolute Gasteiger partial charge is 0.374 e. The number of thioether (sulfide) groups is 1. The van der Waals surface area contributed by atoms with E-state index in [0.29, 0.717) is 0 Å². The van der Waals surface area contributed by atoms with Gasteiger partial charge in [-0.1, -0.05) is 12.1 Å². The fourth-order valence-electron chi connectivity index (χ4n) is 2.91. The normalized spacial score (nSPS) is 22.5. The molecule has 1 atom stereocenters. The summed E-state index contributed by atoms with van der Waals surface area (Å²) < 4.78 is 0. The van der Waals surface area contributed by atoms with E-state index in [1.165, 1.54) is 54.9 Å². The molecule has 1 fully saturated rings. The van der Waals surface area contributed by atoms with Crippen molar-refractivity contribution in [1.82, 2.24) is 5.32 Å². The maximum Gasteiger partial charge on any atom is 0.0397 e. The van der Waals surface area contributed by atoms with Crippen LogP contribution < -0.4 is 10.2 Å². The summed E-state index contributed by atoms with van der Waals surface area (Å²) in [6.07, 6.45) is 4.01. The molecule has 3 heteroatoms. The number of nitrogens with one attached hydrogen (secondary N) is 1. The van der Waals surface area contributed by atoms with Crippen molar-refractivity contribution in [2.45, 2.75) is 31.1 Å². The van der Waals surface area contributed by atoms with Crippen LogP contribution in [0.15, 0.2) is 18.2 Å². The fourth-order valence-corrected chi connectivity index (χ4v) is 4.15. The molecule has 2 heterocycles. The van der Waals surface area contributed by atoms with Gasteiger partial charge in [-0.2, -0.15) is 11.8 Å². The number of anilines is 1. The van der Waals surface area contributed by atoms with Crippen LogP contribution in [0.5, 0.6) is 0 Å². The molecule has 1 aromatic rings. The lowest BCUT2D eigenvalue weighted by atomic mass is 10.1. The minimum atomic E-state index is 0.852. The summed E-state index contributed by atoms with van der Waals surface area (Å²) in [4.78, 5) is 2.35. The Morgan fingerprint density at radius 1 is 1.44 bits per heavy atom. The van der Waals surface area contributed by atoms with Crippen molar-refractivity contribution >= 4 is 17.4 Å². The Bertz CT molecular complexity index is 413. The van der Waals surface area contributed by atoms with Crippen molar-refractivity contribution in [2.75, 3.05) is 30.8 Å². The van der Waals surface area contributed by atoms with Gasteiger partial charge in [0.05, 0.1) is 0 Å². The van der Waals surface area contributed by atoms with Crippen LogP contribution in [0.1, 0.15) is 24.0 Å². The Morgan fingerprint density at radius 3 is 3.22 bits per heavy atom. The van der Waals surface area contributed by atoms with Crippen molar-refractivity contribution in [3.63, 3.8) is 0 Å². The second-order valence-corrected chi connectivity index (χ2v) is 6.81. The van der Waals surface area contributed by atoms with Gasteiger partial charge in [0.25, 0.3) is 0 Å². The van der Waals surface area contributed by atoms with Gasteiger partial charge in [-0.15, -0.1) is 0 Å². The summed E-state index contributed by atoms with van der Waals surface area (Å²) >= 11 is 2.13. The first kappa shape index (κ1) is 12.4. The fraction of sp³-hybridized carbons (Fsp3) is 0.600. The molecule has 0 radical (unpaired) electrons. The number of nitrogens with zero attached hydrogens (tertiary/aromatic N) is 1. The van der Waals surface area contributed by atoms with Crippen molar-refractivity contribution in [3.8, 4) is 0 Å². The molecular weight excluding hydrogens is 240 g/mol. The third-order valence-corrected chi connectivity index (χ3v) is 5.39. The molecule has 0 bridgehead atoms. The van der Waals surface area contributed by atoms with E-state index in [0.717, 1.165) is 11.8 Å². The summed E-state index contributed by atoms with van der Waals surface area (Å²) in [5.41, 5.74) is 4.38. The van der Waals surface area contributed by atoms with Gasteiger partial charge in [0.1, 0.15) is 0 Å². The van der Waals surface area contributed by atoms with Crippen LogP contribution in [0.3, 0.4) is 0 Å². The zero-order valence-electron chi connectivity index (χ0n) is 11.1. The molecule has 1 aromatic carbocycles. The van der Waals surface area contributed by atoms with Gasteiger partial charge in [0.15, 0.2) is 0 Å². The highest BCUT2D eigenvalue weighted by Crippen LogP contribution is 2.28. The standard InChI is InChI=1S/C15H22N2S/c1-17-7-6-13-9-12(4-5-15(13)17)10-16-11-14-3-2-8-18-14/h4-5,9,14,16H,2-3,6-8,10-11H2,1H3. The lowest BCUT2D eigenvalue weighted by Gasteiger charge is -2.13. The van der Waals surface area contributed by atoms with E-state index in [2.05, 4.69) is 47.2 Å². The second-order valence-electron chi connectivity index (χ2n) is 5.40. The Balaban J connectivity index is 1.53. The Kier molecular flexibility index (Phi) is 3.80. The predicted octanol–water partition coefficient (Wildman–Crippen LogP) is 2.66. The molecule has 0 amide bonds. The summed E-state index contributed by atoms with van der Waals surface area (Å²) in [5.74, 6) is 1.36. The van der Waals surface area contributed by atoms with Crippen LogP contribution in [0, 0.1) is 0 Å². The predicted molar refractivity (Wildman–Crippen MR) is 80.6 cm³/mol. The zero-order valence-corrected chi connectivity index (χ0v) is 11.9. The van der Waals surface area contributed by atoms with Crippen LogP contribution in [-0.4, -0.2) is 31.1 Å². The van der Waals surface area contributed by atoms with E-state index in [-0.39, 0.29) is 0 Å². The average molecular weight is 262 g/mol. The first-order valence-corrected chi connectivity index (χ1v) is 8.03. The highest BCUT2D eigenvalue weighted by molar-refractivity contribution is 8.00. The van der Waals surface area contributed by atoms with E-state index < -0.39 is 0 Å². The SMILES string of the molecule is CN1CCc2cc(CNCC3CCCS3)ccc21. The Hall–Kier alpha value is -0.670. The van der Waals surface area contributed by atoms with Crippen molar-refractivity contribution in [3.05, 3.63) is 29.3 Å². The first-order valence-electron chi connectivity index (χ1n) is 6.98. The molecule has 18 heavy (non-hydrogen) atoms. The van der Waals surface area contributed by atoms with E-state index >= 15 is 0 Å². The summed E-state index contributed by atoms with van der Waals surface area (Å²) in [6.45, 7) is 3.36. The molecule has 1 N–H and O–H groups in total. The third kappa shape index (κ3) is 2.67. The maximum absolute atomic E-state index is 3.61. The van der Waals surface area contributed by atoms with E-state index in [4.69, 9.17) is 0 Å². The maximum atomic E-state index is 3.61. The number of rotatable bonds is 4. The monoisotopic (exact) mass is 262 g/mol. The van der Waals surface area contributed by atoms with Crippen molar-refractivity contribution in [2.24, 2.45) is 0 Å². The molecule has 1 saturated heterocycles. The zero-order chi connectivity index (χ0) is 12.4. The summed E-state index contributed by atoms with van der Waals surface area (Å²) in [7, 11) is 2.18. The summed E-state index contributed by atoms with van der Waals surface area (Å²) in [5, 5.41) is 4.46. The third-order valence-electron chi connectivity index (χ3n) is 4.00. The molecule has 1 unspecified atom stereocenters. The van der Waals surface area contributed by atoms with Crippen molar-refractivity contribution in [1.29, 1.82) is 0 Å². The van der Waals surface area contributed by atoms with Gasteiger partial charge >= 0.3 is 0 Å². The Morgan fingerprint density at radius 2 is 2.39 bits per heavy atom. The second kappa shape index (κ2) is 5.54. The van der Waals surface area contributed by atoms with Gasteiger partial charge in [-0.3, -0.25) is 0 Å². The van der Waals surface area contributed by atoms with Crippen LogP contribution in [0.2, 0.25) is 0 Å². The minimum Gasteiger partial charge on any atom is -0.374 e. The van der Waals surface area contributed by atoms with Crippen LogP contribution in [0.4, 0.5) is 5.69 Å². The molecule has 2 aliphatic heterocycles. The van der Waals surface area contributed by atoms with Gasteiger partial charge in [0, 0.05) is 37.6 Å². The van der Waals surface area contributed by atoms with Crippen LogP contribution in [-0.2, 0) is 13.0 Å². The summed E-state index contributed by atoms with van der Waals surface area (Å²) in [6, 6.07) is 6.94. The molecule has 0 aromatic heterocycles. The van der Waals surface area contributed by atoms with Crippen LogP contribution >= 0.6 is 11.8 Å². The van der Waals surface area contributed by atoms with Gasteiger partial charge in [-0.25, -0.2) is 0 Å². The van der Waals surface area contributed by atoms with Gasteiger partial charge in [0.2, 0.25) is 0 Å². The number of likely N-dealkylation sites (N-methyl/N-ethyl adjacent to an activating group) is 1. The Labute approximate surface area is 114 Å². The molecule has 0 aliphatic carbocycles. The number of benzene rings is 1. The molecule has 2 nitrogen and oxygen atoms in total. The average Bonchev–Trinajstić information content (AvgIpc) is 3.00. The molecule has 0 spiro atoms. The quantitative estimate of drug-likeness (QED) is 0.898. The van der Waals surface area contributed by atoms with E-state index in [1.807, 2.05) is 0 Å². The molecule has 2 aliphatic rings. The molecular formula is C15H22N2S. The number of hydrogen-bond acceptors (Lipinski definition) is 3. The lowest BCUT2D eigenvalue weighted by Crippen LogP contribution is -2.22. The highest BCUT2D eigenvalue weighted by atomic mass is 32.2. The van der Waals surface area contributed by atoms with Gasteiger partial charge < -0.3 is 10.2 Å². The van der Waals surface area contributed by atoms with Crippen LogP contribution in [0.25, 0.3) is 0 Å². The molecule has 98 valence electrons. The topological polar surface area (TPSA) is 15.3 Å². The van der Waals surface area contributed by atoms with E-state index in [1.54, 1.807) is 0 Å². The van der Waals surface area contributed by atoms with Gasteiger partial charge in [-0.05, 0) is 42.2 Å². The molecule has 0 saturated carbocycles. The highest BCUT2D eigenvalue weighted by Gasteiger charge is 2.16. The smallest absolute Gasteiger partial charge is 0.0397 e. The molecule has 3 rings (SSSR count).